The Balaban J connectivity index is 2.30. The van der Waals surface area contributed by atoms with Gasteiger partial charge in [-0.2, -0.15) is 13.2 Å². The van der Waals surface area contributed by atoms with Crippen LogP contribution in [0.1, 0.15) is 0 Å². The lowest BCUT2D eigenvalue weighted by atomic mass is 10.3. The van der Waals surface area contributed by atoms with Gasteiger partial charge in [0.1, 0.15) is 5.82 Å². The normalized spacial score (nSPS) is 13.1. The SMILES string of the molecule is O=C(CSc1ccc(F)cc1)NCC(O)C(F)(F)F. The number of aliphatic hydroxyl groups excluding tert-OH is 1. The molecule has 0 aromatic heterocycles. The number of thioether (sulfide) groups is 1. The van der Waals surface area contributed by atoms with Crippen LogP contribution in [-0.2, 0) is 4.79 Å². The summed E-state index contributed by atoms with van der Waals surface area (Å²) in [6.45, 7) is -0.883. The molecule has 1 aromatic carbocycles. The lowest BCUT2D eigenvalue weighted by molar-refractivity contribution is -0.201. The highest BCUT2D eigenvalue weighted by Crippen LogP contribution is 2.20. The summed E-state index contributed by atoms with van der Waals surface area (Å²) < 4.78 is 48.4. The Bertz CT molecular complexity index is 422. The van der Waals surface area contributed by atoms with E-state index in [-0.39, 0.29) is 5.75 Å². The second-order valence-corrected chi connectivity index (χ2v) is 4.65. The Morgan fingerprint density at radius 2 is 1.89 bits per heavy atom. The molecule has 0 aliphatic rings. The molecule has 0 radical (unpaired) electrons. The number of hydrogen-bond donors (Lipinski definition) is 2. The number of rotatable bonds is 5. The Hall–Kier alpha value is -1.28. The summed E-state index contributed by atoms with van der Waals surface area (Å²) in [5.74, 6) is -1.17. The predicted molar refractivity (Wildman–Crippen MR) is 62.2 cm³/mol. The molecule has 0 saturated carbocycles. The van der Waals surface area contributed by atoms with Gasteiger partial charge >= 0.3 is 6.18 Å². The molecule has 8 heteroatoms. The standard InChI is InChI=1S/C11H11F4NO2S/c12-7-1-3-8(4-2-7)19-6-10(18)16-5-9(17)11(13,14)15/h1-4,9,17H,5-6H2,(H,16,18). The van der Waals surface area contributed by atoms with Crippen molar-refractivity contribution in [3.8, 4) is 0 Å². The zero-order chi connectivity index (χ0) is 14.5. The van der Waals surface area contributed by atoms with Crippen LogP contribution in [0.3, 0.4) is 0 Å². The van der Waals surface area contributed by atoms with E-state index in [9.17, 15) is 22.4 Å². The number of carbonyl (C=O) groups excluding carboxylic acids is 1. The Labute approximate surface area is 111 Å². The molecule has 0 spiro atoms. The molecule has 1 unspecified atom stereocenters. The lowest BCUT2D eigenvalue weighted by Gasteiger charge is -2.14. The number of nitrogens with one attached hydrogen (secondary N) is 1. The number of alkyl halides is 3. The minimum absolute atomic E-state index is 0.115. The third-order valence-corrected chi connectivity index (χ3v) is 3.07. The first-order valence-corrected chi connectivity index (χ1v) is 6.17. The van der Waals surface area contributed by atoms with Crippen LogP contribution >= 0.6 is 11.8 Å². The van der Waals surface area contributed by atoms with E-state index in [0.29, 0.717) is 4.90 Å². The van der Waals surface area contributed by atoms with Gasteiger partial charge < -0.3 is 10.4 Å². The summed E-state index contributed by atoms with van der Waals surface area (Å²) in [7, 11) is 0. The van der Waals surface area contributed by atoms with Crippen molar-refractivity contribution in [2.45, 2.75) is 17.2 Å². The van der Waals surface area contributed by atoms with Crippen molar-refractivity contribution in [3.05, 3.63) is 30.1 Å². The largest absolute Gasteiger partial charge is 0.416 e. The maximum atomic E-state index is 12.6. The lowest BCUT2D eigenvalue weighted by Crippen LogP contribution is -2.41. The smallest absolute Gasteiger partial charge is 0.382 e. The monoisotopic (exact) mass is 297 g/mol. The zero-order valence-corrected chi connectivity index (χ0v) is 10.4. The van der Waals surface area contributed by atoms with Crippen molar-refractivity contribution >= 4 is 17.7 Å². The van der Waals surface area contributed by atoms with Gasteiger partial charge in [0.05, 0.1) is 12.3 Å². The van der Waals surface area contributed by atoms with Crippen molar-refractivity contribution in [2.24, 2.45) is 0 Å². The van der Waals surface area contributed by atoms with Crippen LogP contribution in [0.15, 0.2) is 29.2 Å². The van der Waals surface area contributed by atoms with Crippen molar-refractivity contribution < 1.29 is 27.5 Å². The fraction of sp³-hybridized carbons (Fsp3) is 0.364. The van der Waals surface area contributed by atoms with Crippen LogP contribution in [-0.4, -0.2) is 35.6 Å². The van der Waals surface area contributed by atoms with Gasteiger partial charge in [-0.3, -0.25) is 4.79 Å². The average Bonchev–Trinajstić information content (AvgIpc) is 2.34. The first kappa shape index (κ1) is 15.8. The molecule has 0 fully saturated rings. The highest BCUT2D eigenvalue weighted by atomic mass is 32.2. The van der Waals surface area contributed by atoms with E-state index in [0.717, 1.165) is 11.8 Å². The van der Waals surface area contributed by atoms with Gasteiger partial charge in [-0.25, -0.2) is 4.39 Å². The van der Waals surface area contributed by atoms with Gasteiger partial charge in [0.15, 0.2) is 6.10 Å². The number of hydrogen-bond acceptors (Lipinski definition) is 3. The summed E-state index contributed by atoms with van der Waals surface area (Å²) >= 11 is 1.05. The molecule has 1 amide bonds. The minimum Gasteiger partial charge on any atom is -0.382 e. The van der Waals surface area contributed by atoms with Crippen LogP contribution in [0, 0.1) is 5.82 Å². The molecular weight excluding hydrogens is 286 g/mol. The van der Waals surface area contributed by atoms with E-state index in [4.69, 9.17) is 5.11 Å². The molecule has 0 aliphatic heterocycles. The van der Waals surface area contributed by atoms with E-state index in [1.165, 1.54) is 24.3 Å². The van der Waals surface area contributed by atoms with E-state index in [2.05, 4.69) is 0 Å². The van der Waals surface area contributed by atoms with Gasteiger partial charge in [-0.15, -0.1) is 11.8 Å². The average molecular weight is 297 g/mol. The third-order valence-electron chi connectivity index (χ3n) is 2.05. The summed E-state index contributed by atoms with van der Waals surface area (Å²) in [5.41, 5.74) is 0. The summed E-state index contributed by atoms with van der Waals surface area (Å²) in [5, 5.41) is 10.6. The molecule has 0 heterocycles. The molecule has 106 valence electrons. The van der Waals surface area contributed by atoms with E-state index >= 15 is 0 Å². The summed E-state index contributed by atoms with van der Waals surface area (Å²) in [6, 6.07) is 5.34. The van der Waals surface area contributed by atoms with Crippen LogP contribution in [0.4, 0.5) is 17.6 Å². The molecule has 0 aliphatic carbocycles. The Morgan fingerprint density at radius 3 is 2.42 bits per heavy atom. The second-order valence-electron chi connectivity index (χ2n) is 3.60. The molecule has 2 N–H and O–H groups in total. The van der Waals surface area contributed by atoms with Crippen molar-refractivity contribution in [1.29, 1.82) is 0 Å². The van der Waals surface area contributed by atoms with Crippen molar-refractivity contribution in [1.82, 2.24) is 5.32 Å². The number of aliphatic hydroxyl groups is 1. The van der Waals surface area contributed by atoms with Gasteiger partial charge in [0.2, 0.25) is 5.91 Å². The van der Waals surface area contributed by atoms with E-state index in [1.807, 2.05) is 5.32 Å². The first-order chi connectivity index (χ1) is 8.79. The van der Waals surface area contributed by atoms with Gasteiger partial charge in [0, 0.05) is 4.90 Å². The van der Waals surface area contributed by atoms with Gasteiger partial charge in [-0.1, -0.05) is 0 Å². The number of amides is 1. The zero-order valence-electron chi connectivity index (χ0n) is 9.58. The number of benzene rings is 1. The van der Waals surface area contributed by atoms with E-state index < -0.39 is 30.5 Å². The number of carbonyl (C=O) groups is 1. The quantitative estimate of drug-likeness (QED) is 0.645. The maximum Gasteiger partial charge on any atom is 0.416 e. The van der Waals surface area contributed by atoms with Gasteiger partial charge in [-0.05, 0) is 24.3 Å². The molecule has 1 rings (SSSR count). The highest BCUT2D eigenvalue weighted by Gasteiger charge is 2.38. The highest BCUT2D eigenvalue weighted by molar-refractivity contribution is 8.00. The van der Waals surface area contributed by atoms with Crippen LogP contribution in [0.5, 0.6) is 0 Å². The topological polar surface area (TPSA) is 49.3 Å². The first-order valence-electron chi connectivity index (χ1n) is 5.19. The Morgan fingerprint density at radius 1 is 1.32 bits per heavy atom. The summed E-state index contributed by atoms with van der Waals surface area (Å²) in [6.07, 6.45) is -7.33. The summed E-state index contributed by atoms with van der Waals surface area (Å²) in [4.78, 5) is 11.8. The van der Waals surface area contributed by atoms with E-state index in [1.54, 1.807) is 0 Å². The number of halogens is 4. The van der Waals surface area contributed by atoms with Crippen LogP contribution in [0.25, 0.3) is 0 Å². The molecule has 3 nitrogen and oxygen atoms in total. The molecule has 1 atom stereocenters. The third kappa shape index (κ3) is 5.93. The molecule has 19 heavy (non-hydrogen) atoms. The molecule has 0 saturated heterocycles. The predicted octanol–water partition coefficient (Wildman–Crippen LogP) is 1.96. The van der Waals surface area contributed by atoms with Crippen LogP contribution < -0.4 is 5.32 Å². The molecular formula is C11H11F4NO2S. The maximum absolute atomic E-state index is 12.6. The fourth-order valence-corrected chi connectivity index (χ4v) is 1.79. The van der Waals surface area contributed by atoms with Crippen LogP contribution in [0.2, 0.25) is 0 Å². The van der Waals surface area contributed by atoms with Crippen molar-refractivity contribution in [2.75, 3.05) is 12.3 Å². The molecule has 0 bridgehead atoms. The van der Waals surface area contributed by atoms with Crippen molar-refractivity contribution in [3.63, 3.8) is 0 Å². The van der Waals surface area contributed by atoms with Gasteiger partial charge in [0.25, 0.3) is 0 Å². The Kier molecular flexibility index (Phi) is 5.61. The fourth-order valence-electron chi connectivity index (χ4n) is 1.06. The molecule has 1 aromatic rings. The second kappa shape index (κ2) is 6.76. The minimum atomic E-state index is -4.75.